The molecule has 1 aromatic heterocycles. The molecule has 0 aliphatic heterocycles. The van der Waals surface area contributed by atoms with E-state index in [1.54, 1.807) is 0 Å². The molecule has 0 aliphatic carbocycles. The van der Waals surface area contributed by atoms with Crippen LogP contribution in [0.5, 0.6) is 0 Å². The highest BCUT2D eigenvalue weighted by Crippen LogP contribution is 2.16. The van der Waals surface area contributed by atoms with Crippen LogP contribution in [0.4, 0.5) is 14.6 Å². The van der Waals surface area contributed by atoms with Crippen molar-refractivity contribution >= 4 is 5.82 Å². The highest BCUT2D eigenvalue weighted by atomic mass is 19.3. The van der Waals surface area contributed by atoms with Crippen LogP contribution in [-0.2, 0) is 6.54 Å². The van der Waals surface area contributed by atoms with Gasteiger partial charge in [0.2, 0.25) is 0 Å². The summed E-state index contributed by atoms with van der Waals surface area (Å²) in [6.45, 7) is -0.0648. The first-order chi connectivity index (χ1) is 6.06. The number of hydrogen-bond acceptors (Lipinski definition) is 3. The largest absolute Gasteiger partial charge is 0.385 e. The van der Waals surface area contributed by atoms with Crippen LogP contribution >= 0.6 is 0 Å². The van der Waals surface area contributed by atoms with E-state index in [2.05, 4.69) is 4.98 Å². The zero-order valence-electron chi connectivity index (χ0n) is 6.68. The molecule has 0 atom stereocenters. The molecule has 1 rings (SSSR count). The Morgan fingerprint density at radius 3 is 2.54 bits per heavy atom. The van der Waals surface area contributed by atoms with Crippen molar-refractivity contribution in [2.24, 2.45) is 5.73 Å². The van der Waals surface area contributed by atoms with Crippen molar-refractivity contribution in [2.75, 3.05) is 5.73 Å². The van der Waals surface area contributed by atoms with E-state index in [9.17, 15) is 13.6 Å². The number of nitrogens with one attached hydrogen (secondary N) is 1. The Labute approximate surface area is 72.6 Å². The van der Waals surface area contributed by atoms with Crippen molar-refractivity contribution in [3.8, 4) is 0 Å². The molecule has 0 fully saturated rings. The Morgan fingerprint density at radius 2 is 2.15 bits per heavy atom. The smallest absolute Gasteiger partial charge is 0.278 e. The van der Waals surface area contributed by atoms with Crippen molar-refractivity contribution < 1.29 is 8.78 Å². The number of H-pyrrole nitrogens is 1. The molecule has 72 valence electrons. The number of nitrogen functional groups attached to an aromatic ring is 1. The van der Waals surface area contributed by atoms with Crippen molar-refractivity contribution in [2.45, 2.75) is 13.0 Å². The minimum Gasteiger partial charge on any atom is -0.385 e. The first kappa shape index (κ1) is 9.66. The van der Waals surface area contributed by atoms with Gasteiger partial charge in [0, 0.05) is 12.6 Å². The van der Waals surface area contributed by atoms with Gasteiger partial charge in [0.05, 0.1) is 11.3 Å². The average molecular weight is 189 g/mol. The van der Waals surface area contributed by atoms with Crippen molar-refractivity contribution in [1.29, 1.82) is 0 Å². The molecule has 1 aromatic rings. The minimum atomic E-state index is -2.73. The molecular formula is C7H9F2N3O. The van der Waals surface area contributed by atoms with Gasteiger partial charge in [-0.1, -0.05) is 0 Å². The van der Waals surface area contributed by atoms with E-state index >= 15 is 0 Å². The third-order valence-electron chi connectivity index (χ3n) is 1.63. The molecule has 6 heteroatoms. The summed E-state index contributed by atoms with van der Waals surface area (Å²) in [5.41, 5.74) is 9.57. The molecule has 0 saturated heterocycles. The number of nitrogens with two attached hydrogens (primary N) is 2. The molecule has 13 heavy (non-hydrogen) atoms. The van der Waals surface area contributed by atoms with Gasteiger partial charge in [-0.15, -0.1) is 0 Å². The standard InChI is InChI=1S/C7H9F2N3O/c8-6(9)4-1-5(13)3(2-10)7(11)12-4/h1,6H,2,10H2,(H3,11,12,13). The molecule has 0 amide bonds. The van der Waals surface area contributed by atoms with E-state index in [0.717, 1.165) is 6.07 Å². The highest BCUT2D eigenvalue weighted by Gasteiger charge is 2.12. The van der Waals surface area contributed by atoms with Gasteiger partial charge < -0.3 is 16.5 Å². The highest BCUT2D eigenvalue weighted by molar-refractivity contribution is 5.40. The van der Waals surface area contributed by atoms with E-state index in [1.165, 1.54) is 0 Å². The van der Waals surface area contributed by atoms with Gasteiger partial charge in [0.15, 0.2) is 5.43 Å². The van der Waals surface area contributed by atoms with E-state index in [4.69, 9.17) is 11.5 Å². The predicted molar refractivity (Wildman–Crippen MR) is 44.3 cm³/mol. The Balaban J connectivity index is 3.29. The number of aromatic amines is 1. The van der Waals surface area contributed by atoms with E-state index in [1.807, 2.05) is 0 Å². The number of anilines is 1. The second-order valence-electron chi connectivity index (χ2n) is 2.49. The summed E-state index contributed by atoms with van der Waals surface area (Å²) >= 11 is 0. The lowest BCUT2D eigenvalue weighted by molar-refractivity contribution is 0.146. The monoisotopic (exact) mass is 189 g/mol. The maximum absolute atomic E-state index is 12.1. The summed E-state index contributed by atoms with van der Waals surface area (Å²) < 4.78 is 24.2. The van der Waals surface area contributed by atoms with Crippen LogP contribution in [0.15, 0.2) is 10.9 Å². The molecule has 0 unspecified atom stereocenters. The summed E-state index contributed by atoms with van der Waals surface area (Å²) in [7, 11) is 0. The van der Waals surface area contributed by atoms with E-state index in [0.29, 0.717) is 0 Å². The molecule has 5 N–H and O–H groups in total. The third-order valence-corrected chi connectivity index (χ3v) is 1.63. The molecule has 0 aliphatic rings. The van der Waals surface area contributed by atoms with Crippen LogP contribution in [0.2, 0.25) is 0 Å². The van der Waals surface area contributed by atoms with Crippen LogP contribution in [-0.4, -0.2) is 4.98 Å². The molecule has 0 saturated carbocycles. The van der Waals surface area contributed by atoms with Crippen molar-refractivity contribution in [3.05, 3.63) is 27.5 Å². The third kappa shape index (κ3) is 1.83. The number of alkyl halides is 2. The lowest BCUT2D eigenvalue weighted by atomic mass is 10.2. The number of halogens is 2. The van der Waals surface area contributed by atoms with Gasteiger partial charge in [-0.3, -0.25) is 4.79 Å². The number of rotatable bonds is 2. The second kappa shape index (κ2) is 3.53. The summed E-state index contributed by atoms with van der Waals surface area (Å²) in [6.07, 6.45) is -2.73. The molecule has 0 radical (unpaired) electrons. The van der Waals surface area contributed by atoms with E-state index < -0.39 is 17.5 Å². The molecule has 4 nitrogen and oxygen atoms in total. The predicted octanol–water partition coefficient (Wildman–Crippen LogP) is 0.353. The summed E-state index contributed by atoms with van der Waals surface area (Å²) in [4.78, 5) is 13.3. The molecule has 0 aromatic carbocycles. The summed E-state index contributed by atoms with van der Waals surface area (Å²) in [6, 6.07) is 0.809. The zero-order valence-corrected chi connectivity index (χ0v) is 6.68. The fourth-order valence-corrected chi connectivity index (χ4v) is 0.956. The van der Waals surface area contributed by atoms with E-state index in [-0.39, 0.29) is 17.9 Å². The Morgan fingerprint density at radius 1 is 1.54 bits per heavy atom. The van der Waals surface area contributed by atoms with Crippen LogP contribution < -0.4 is 16.9 Å². The Kier molecular flexibility index (Phi) is 2.62. The first-order valence-electron chi connectivity index (χ1n) is 3.56. The quantitative estimate of drug-likeness (QED) is 0.627. The fraction of sp³-hybridized carbons (Fsp3) is 0.286. The van der Waals surface area contributed by atoms with Gasteiger partial charge >= 0.3 is 0 Å². The lowest BCUT2D eigenvalue weighted by Crippen LogP contribution is -2.18. The molecule has 0 bridgehead atoms. The van der Waals surface area contributed by atoms with Gasteiger partial charge in [-0.25, -0.2) is 8.78 Å². The first-order valence-corrected chi connectivity index (χ1v) is 3.56. The minimum absolute atomic E-state index is 0.0648. The summed E-state index contributed by atoms with van der Waals surface area (Å²) in [5, 5.41) is 0. The van der Waals surface area contributed by atoms with Crippen LogP contribution in [0.1, 0.15) is 17.7 Å². The average Bonchev–Trinajstić information content (AvgIpc) is 2.03. The summed E-state index contributed by atoms with van der Waals surface area (Å²) in [5.74, 6) is -0.0923. The normalized spacial score (nSPS) is 10.8. The molecular weight excluding hydrogens is 180 g/mol. The van der Waals surface area contributed by atoms with Gasteiger partial charge in [-0.2, -0.15) is 0 Å². The fourth-order valence-electron chi connectivity index (χ4n) is 0.956. The molecule has 1 heterocycles. The topological polar surface area (TPSA) is 84.9 Å². The molecule has 0 spiro atoms. The Bertz CT molecular complexity index is 361. The lowest BCUT2D eigenvalue weighted by Gasteiger charge is -2.05. The number of pyridine rings is 1. The van der Waals surface area contributed by atoms with Gasteiger partial charge in [-0.05, 0) is 0 Å². The number of aromatic nitrogens is 1. The maximum Gasteiger partial charge on any atom is 0.278 e. The van der Waals surface area contributed by atoms with Crippen LogP contribution in [0.3, 0.4) is 0 Å². The maximum atomic E-state index is 12.1. The van der Waals surface area contributed by atoms with Crippen molar-refractivity contribution in [3.63, 3.8) is 0 Å². The zero-order chi connectivity index (χ0) is 10.0. The number of hydrogen-bond donors (Lipinski definition) is 3. The van der Waals surface area contributed by atoms with Gasteiger partial charge in [0.25, 0.3) is 6.43 Å². The Hall–Kier alpha value is -1.43. The van der Waals surface area contributed by atoms with Crippen LogP contribution in [0.25, 0.3) is 0 Å². The SMILES string of the molecule is NCc1c(N)[nH]c(C(F)F)cc1=O. The van der Waals surface area contributed by atoms with Crippen LogP contribution in [0, 0.1) is 0 Å². The van der Waals surface area contributed by atoms with Gasteiger partial charge in [0.1, 0.15) is 5.82 Å². The van der Waals surface area contributed by atoms with Crippen molar-refractivity contribution in [1.82, 2.24) is 4.98 Å². The second-order valence-corrected chi connectivity index (χ2v) is 2.49.